The molecule has 1 fully saturated rings. The summed E-state index contributed by atoms with van der Waals surface area (Å²) >= 11 is 0. The van der Waals surface area contributed by atoms with Gasteiger partial charge in [0.25, 0.3) is 0 Å². The van der Waals surface area contributed by atoms with Crippen LogP contribution in [0.25, 0.3) is 0 Å². The van der Waals surface area contributed by atoms with E-state index in [1.165, 1.54) is 0 Å². The second-order valence-electron chi connectivity index (χ2n) is 4.98. The summed E-state index contributed by atoms with van der Waals surface area (Å²) in [6.07, 6.45) is 7.29. The Morgan fingerprint density at radius 3 is 2.58 bits per heavy atom. The van der Waals surface area contributed by atoms with Crippen molar-refractivity contribution in [1.82, 2.24) is 15.5 Å². The summed E-state index contributed by atoms with van der Waals surface area (Å²) in [5, 5.41) is 6.33. The Kier molecular flexibility index (Phi) is 6.68. The number of ether oxygens (including phenoxy) is 1. The van der Waals surface area contributed by atoms with E-state index in [1.807, 2.05) is 6.92 Å². The smallest absolute Gasteiger partial charge is 0.192 e. The molecule has 1 heterocycles. The molecule has 1 saturated heterocycles. The fraction of sp³-hybridized carbons (Fsp3) is 0.786. The van der Waals surface area contributed by atoms with Crippen LogP contribution in [0.4, 0.5) is 0 Å². The van der Waals surface area contributed by atoms with E-state index < -0.39 is 0 Å². The Bertz CT molecular complexity index is 327. The molecule has 108 valence electrons. The largest absolute Gasteiger partial charge is 0.381 e. The van der Waals surface area contributed by atoms with Gasteiger partial charge in [0.15, 0.2) is 5.96 Å². The standard InChI is InChI=1S/C14H26N4O/c1-5-9-16-13(15-6-2)17-12-14(18(3)4)7-10-19-11-8-14/h1H,6-12H2,2-4H3,(H2,15,16,17). The fourth-order valence-electron chi connectivity index (χ4n) is 2.20. The number of nitrogens with zero attached hydrogens (tertiary/aromatic N) is 2. The van der Waals surface area contributed by atoms with Crippen molar-refractivity contribution in [2.75, 3.05) is 46.9 Å². The molecule has 2 N–H and O–H groups in total. The van der Waals surface area contributed by atoms with Crippen LogP contribution in [-0.4, -0.2) is 63.3 Å². The normalized spacial score (nSPS) is 19.0. The molecule has 0 amide bonds. The lowest BCUT2D eigenvalue weighted by Crippen LogP contribution is -2.51. The van der Waals surface area contributed by atoms with Crippen molar-refractivity contribution in [3.8, 4) is 12.3 Å². The third kappa shape index (κ3) is 4.73. The molecule has 0 bridgehead atoms. The van der Waals surface area contributed by atoms with E-state index in [1.54, 1.807) is 0 Å². The molecule has 19 heavy (non-hydrogen) atoms. The number of hydrogen-bond acceptors (Lipinski definition) is 3. The van der Waals surface area contributed by atoms with E-state index >= 15 is 0 Å². The van der Waals surface area contributed by atoms with E-state index in [4.69, 9.17) is 11.2 Å². The molecule has 0 aromatic rings. The van der Waals surface area contributed by atoms with Crippen LogP contribution in [0.2, 0.25) is 0 Å². The Morgan fingerprint density at radius 2 is 2.05 bits per heavy atom. The molecule has 5 heteroatoms. The Balaban J connectivity index is 2.68. The first kappa shape index (κ1) is 15.8. The zero-order valence-electron chi connectivity index (χ0n) is 12.3. The summed E-state index contributed by atoms with van der Waals surface area (Å²) < 4.78 is 5.46. The number of guanidine groups is 1. The van der Waals surface area contributed by atoms with E-state index in [0.29, 0.717) is 6.54 Å². The summed E-state index contributed by atoms with van der Waals surface area (Å²) in [4.78, 5) is 6.94. The molecule has 0 saturated carbocycles. The van der Waals surface area contributed by atoms with Crippen molar-refractivity contribution in [1.29, 1.82) is 0 Å². The van der Waals surface area contributed by atoms with Gasteiger partial charge < -0.3 is 20.3 Å². The minimum atomic E-state index is 0.0940. The first-order chi connectivity index (χ1) is 9.14. The quantitative estimate of drug-likeness (QED) is 0.426. The van der Waals surface area contributed by atoms with Gasteiger partial charge in [0.05, 0.1) is 13.1 Å². The average molecular weight is 266 g/mol. The Hall–Kier alpha value is -1.25. The zero-order valence-corrected chi connectivity index (χ0v) is 12.3. The van der Waals surface area contributed by atoms with Gasteiger partial charge >= 0.3 is 0 Å². The van der Waals surface area contributed by atoms with Gasteiger partial charge in [-0.3, -0.25) is 4.99 Å². The number of nitrogens with one attached hydrogen (secondary N) is 2. The molecule has 0 radical (unpaired) electrons. The van der Waals surface area contributed by atoms with Crippen LogP contribution in [0.5, 0.6) is 0 Å². The summed E-state index contributed by atoms with van der Waals surface area (Å²) in [5.41, 5.74) is 0.0940. The summed E-state index contributed by atoms with van der Waals surface area (Å²) in [6, 6.07) is 0. The van der Waals surface area contributed by atoms with Crippen LogP contribution in [0.1, 0.15) is 19.8 Å². The topological polar surface area (TPSA) is 48.9 Å². The predicted octanol–water partition coefficient (Wildman–Crippen LogP) is 0.286. The van der Waals surface area contributed by atoms with Gasteiger partial charge in [-0.15, -0.1) is 6.42 Å². The first-order valence-electron chi connectivity index (χ1n) is 6.85. The molecule has 5 nitrogen and oxygen atoms in total. The lowest BCUT2D eigenvalue weighted by atomic mass is 9.89. The van der Waals surface area contributed by atoms with E-state index in [-0.39, 0.29) is 5.54 Å². The summed E-state index contributed by atoms with van der Waals surface area (Å²) in [7, 11) is 4.23. The Morgan fingerprint density at radius 1 is 1.37 bits per heavy atom. The lowest BCUT2D eigenvalue weighted by molar-refractivity contribution is -0.00254. The van der Waals surface area contributed by atoms with Crippen molar-refractivity contribution in [2.24, 2.45) is 4.99 Å². The molecule has 1 aliphatic rings. The van der Waals surface area contributed by atoms with Crippen LogP contribution in [0.3, 0.4) is 0 Å². The third-order valence-corrected chi connectivity index (χ3v) is 3.61. The third-order valence-electron chi connectivity index (χ3n) is 3.61. The van der Waals surface area contributed by atoms with Crippen LogP contribution < -0.4 is 10.6 Å². The molecule has 0 spiro atoms. The van der Waals surface area contributed by atoms with Gasteiger partial charge in [-0.2, -0.15) is 0 Å². The minimum absolute atomic E-state index is 0.0940. The van der Waals surface area contributed by atoms with Crippen molar-refractivity contribution < 1.29 is 4.74 Å². The van der Waals surface area contributed by atoms with Crippen molar-refractivity contribution in [2.45, 2.75) is 25.3 Å². The molecule has 0 unspecified atom stereocenters. The molecular formula is C14H26N4O. The van der Waals surface area contributed by atoms with Crippen molar-refractivity contribution in [3.63, 3.8) is 0 Å². The number of hydrogen-bond donors (Lipinski definition) is 2. The predicted molar refractivity (Wildman–Crippen MR) is 79.3 cm³/mol. The molecule has 1 aliphatic heterocycles. The Labute approximate surface area is 116 Å². The van der Waals surface area contributed by atoms with Gasteiger partial charge in [-0.25, -0.2) is 0 Å². The first-order valence-corrected chi connectivity index (χ1v) is 6.85. The monoisotopic (exact) mass is 266 g/mol. The summed E-state index contributed by atoms with van der Waals surface area (Å²) in [5.74, 6) is 3.35. The van der Waals surface area contributed by atoms with Gasteiger partial charge in [0.2, 0.25) is 0 Å². The molecular weight excluding hydrogens is 240 g/mol. The molecule has 0 aliphatic carbocycles. The maximum Gasteiger partial charge on any atom is 0.192 e. The van der Waals surface area contributed by atoms with Crippen LogP contribution >= 0.6 is 0 Å². The van der Waals surface area contributed by atoms with Gasteiger partial charge in [0, 0.05) is 25.3 Å². The zero-order chi connectivity index (χ0) is 14.1. The van der Waals surface area contributed by atoms with Crippen molar-refractivity contribution in [3.05, 3.63) is 0 Å². The highest BCUT2D eigenvalue weighted by molar-refractivity contribution is 5.80. The minimum Gasteiger partial charge on any atom is -0.381 e. The number of rotatable bonds is 5. The SMILES string of the molecule is C#CCNC(=NCC1(N(C)C)CCOCC1)NCC. The molecule has 0 aromatic carbocycles. The van der Waals surface area contributed by atoms with Crippen LogP contribution in [0.15, 0.2) is 4.99 Å². The highest BCUT2D eigenvalue weighted by atomic mass is 16.5. The second-order valence-corrected chi connectivity index (χ2v) is 4.98. The van der Waals surface area contributed by atoms with E-state index in [0.717, 1.165) is 45.1 Å². The average Bonchev–Trinajstić information content (AvgIpc) is 2.43. The maximum atomic E-state index is 5.46. The van der Waals surface area contributed by atoms with E-state index in [9.17, 15) is 0 Å². The molecule has 0 aromatic heterocycles. The number of likely N-dealkylation sites (N-methyl/N-ethyl adjacent to an activating group) is 1. The van der Waals surface area contributed by atoms with Gasteiger partial charge in [-0.05, 0) is 33.9 Å². The van der Waals surface area contributed by atoms with Crippen LogP contribution in [0, 0.1) is 12.3 Å². The van der Waals surface area contributed by atoms with E-state index in [2.05, 4.69) is 40.5 Å². The lowest BCUT2D eigenvalue weighted by Gasteiger charge is -2.41. The highest BCUT2D eigenvalue weighted by Crippen LogP contribution is 2.26. The summed E-state index contributed by atoms with van der Waals surface area (Å²) in [6.45, 7) is 5.73. The van der Waals surface area contributed by atoms with Crippen LogP contribution in [-0.2, 0) is 4.74 Å². The second kappa shape index (κ2) is 8.03. The number of terminal acetylenes is 1. The fourth-order valence-corrected chi connectivity index (χ4v) is 2.20. The van der Waals surface area contributed by atoms with Gasteiger partial charge in [0.1, 0.15) is 0 Å². The van der Waals surface area contributed by atoms with Gasteiger partial charge in [-0.1, -0.05) is 5.92 Å². The molecule has 0 atom stereocenters. The number of aliphatic imine (C=N–C) groups is 1. The van der Waals surface area contributed by atoms with Crippen molar-refractivity contribution >= 4 is 5.96 Å². The maximum absolute atomic E-state index is 5.46. The highest BCUT2D eigenvalue weighted by Gasteiger charge is 2.34. The molecule has 1 rings (SSSR count).